The number of benzene rings is 1. The lowest BCUT2D eigenvalue weighted by atomic mass is 10.2. The Morgan fingerprint density at radius 1 is 1.00 bits per heavy atom. The predicted molar refractivity (Wildman–Crippen MR) is 105 cm³/mol. The first kappa shape index (κ1) is 21.5. The van der Waals surface area contributed by atoms with Gasteiger partial charge >= 0.3 is 0 Å². The third kappa shape index (κ3) is 6.43. The summed E-state index contributed by atoms with van der Waals surface area (Å²) in [7, 11) is -3.61. The lowest BCUT2D eigenvalue weighted by Gasteiger charge is -2.10. The first-order valence-electron chi connectivity index (χ1n) is 7.96. The van der Waals surface area contributed by atoms with Crippen molar-refractivity contribution in [3.05, 3.63) is 52.6 Å². The largest absolute Gasteiger partial charge is 0.311 e. The summed E-state index contributed by atoms with van der Waals surface area (Å²) in [5.74, 6) is -1.46. The van der Waals surface area contributed by atoms with Crippen LogP contribution in [0.15, 0.2) is 52.0 Å². The minimum atomic E-state index is -3.61. The second-order valence-corrected chi connectivity index (χ2v) is 8.58. The topological polar surface area (TPSA) is 134 Å². The van der Waals surface area contributed by atoms with Crippen molar-refractivity contribution in [1.82, 2.24) is 15.8 Å². The van der Waals surface area contributed by atoms with Gasteiger partial charge in [-0.1, -0.05) is 12.1 Å². The Morgan fingerprint density at radius 3 is 2.32 bits per heavy atom. The molecule has 0 saturated carbocycles. The second kappa shape index (κ2) is 9.42. The average Bonchev–Trinajstić information content (AvgIpc) is 2.65. The van der Waals surface area contributed by atoms with Crippen LogP contribution in [0, 0.1) is 0 Å². The number of carbonyl (C=O) groups is 3. The van der Waals surface area contributed by atoms with Gasteiger partial charge < -0.3 is 5.32 Å². The van der Waals surface area contributed by atoms with Gasteiger partial charge in [0, 0.05) is 29.8 Å². The predicted octanol–water partition coefficient (Wildman–Crippen LogP) is 1.43. The first-order chi connectivity index (χ1) is 13.2. The first-order valence-corrected chi connectivity index (χ1v) is 10.6. The molecule has 0 aliphatic carbocycles. The molecule has 3 amide bonds. The molecule has 2 aromatic rings. The van der Waals surface area contributed by atoms with Crippen LogP contribution in [-0.2, 0) is 19.4 Å². The molecule has 0 bridgehead atoms. The zero-order valence-corrected chi connectivity index (χ0v) is 17.1. The van der Waals surface area contributed by atoms with Crippen LogP contribution in [0.3, 0.4) is 0 Å². The van der Waals surface area contributed by atoms with Gasteiger partial charge in [0.1, 0.15) is 5.82 Å². The van der Waals surface area contributed by atoms with Gasteiger partial charge in [0.05, 0.1) is 10.5 Å². The zero-order valence-electron chi connectivity index (χ0n) is 14.7. The van der Waals surface area contributed by atoms with Gasteiger partial charge in [-0.3, -0.25) is 25.2 Å². The van der Waals surface area contributed by atoms with E-state index < -0.39 is 27.6 Å². The number of nitrogens with one attached hydrogen (secondary N) is 3. The Hall–Kier alpha value is -2.79. The fourth-order valence-corrected chi connectivity index (χ4v) is 3.24. The van der Waals surface area contributed by atoms with Crippen LogP contribution in [0.4, 0.5) is 5.82 Å². The number of anilines is 1. The molecule has 0 aliphatic heterocycles. The summed E-state index contributed by atoms with van der Waals surface area (Å²) in [6, 6.07) is 8.93. The van der Waals surface area contributed by atoms with E-state index in [4.69, 9.17) is 0 Å². The Morgan fingerprint density at radius 2 is 1.68 bits per heavy atom. The number of pyridine rings is 1. The van der Waals surface area contributed by atoms with Crippen LogP contribution in [-0.4, -0.2) is 37.4 Å². The summed E-state index contributed by atoms with van der Waals surface area (Å²) in [4.78, 5) is 39.6. The number of rotatable bonds is 6. The maximum absolute atomic E-state index is 12.1. The Bertz CT molecular complexity index is 993. The molecule has 1 aromatic heterocycles. The maximum Gasteiger partial charge on any atom is 0.271 e. The van der Waals surface area contributed by atoms with Crippen LogP contribution in [0.5, 0.6) is 0 Å². The molecule has 0 spiro atoms. The van der Waals surface area contributed by atoms with E-state index >= 15 is 0 Å². The standard InChI is InChI=1S/C17H17BrN4O5S/c1-28(26,27)13-5-3-2-4-12(13)17(25)22-21-16(24)9-8-15(23)20-14-7-6-11(18)10-19-14/h2-7,10H,8-9H2,1H3,(H,21,24)(H,22,25)(H,19,20,23). The third-order valence-corrected chi connectivity index (χ3v) is 5.04. The van der Waals surface area contributed by atoms with E-state index in [9.17, 15) is 22.8 Å². The average molecular weight is 469 g/mol. The van der Waals surface area contributed by atoms with Crippen molar-refractivity contribution in [2.75, 3.05) is 11.6 Å². The fourth-order valence-electron chi connectivity index (χ4n) is 2.12. The minimum absolute atomic E-state index is 0.0932. The fraction of sp³-hybridized carbons (Fsp3) is 0.176. The van der Waals surface area contributed by atoms with Crippen molar-refractivity contribution in [3.63, 3.8) is 0 Å². The quantitative estimate of drug-likeness (QED) is 0.548. The highest BCUT2D eigenvalue weighted by Gasteiger charge is 2.18. The van der Waals surface area contributed by atoms with Crippen LogP contribution in [0.1, 0.15) is 23.2 Å². The van der Waals surface area contributed by atoms with Crippen molar-refractivity contribution in [2.24, 2.45) is 0 Å². The smallest absolute Gasteiger partial charge is 0.271 e. The number of aromatic nitrogens is 1. The summed E-state index contributed by atoms with van der Waals surface area (Å²) < 4.78 is 24.2. The molecule has 9 nitrogen and oxygen atoms in total. The van der Waals surface area contributed by atoms with Crippen LogP contribution in [0.25, 0.3) is 0 Å². The second-order valence-electron chi connectivity index (χ2n) is 5.68. The van der Waals surface area contributed by atoms with Gasteiger partial charge in [0.2, 0.25) is 11.8 Å². The summed E-state index contributed by atoms with van der Waals surface area (Å²) in [5, 5.41) is 2.53. The van der Waals surface area contributed by atoms with Gasteiger partial charge in [-0.25, -0.2) is 13.4 Å². The molecule has 1 heterocycles. The van der Waals surface area contributed by atoms with Gasteiger partial charge in [-0.15, -0.1) is 0 Å². The molecule has 11 heteroatoms. The molecular formula is C17H17BrN4O5S. The molecule has 148 valence electrons. The van der Waals surface area contributed by atoms with E-state index in [1.807, 2.05) is 0 Å². The molecule has 28 heavy (non-hydrogen) atoms. The third-order valence-electron chi connectivity index (χ3n) is 3.42. The summed E-state index contributed by atoms with van der Waals surface area (Å²) >= 11 is 3.23. The number of hydrogen-bond acceptors (Lipinski definition) is 6. The van der Waals surface area contributed by atoms with E-state index in [-0.39, 0.29) is 23.3 Å². The van der Waals surface area contributed by atoms with Crippen molar-refractivity contribution in [1.29, 1.82) is 0 Å². The van der Waals surface area contributed by atoms with Crippen molar-refractivity contribution >= 4 is 49.3 Å². The number of sulfone groups is 1. The Kier molecular flexibility index (Phi) is 7.24. The maximum atomic E-state index is 12.1. The highest BCUT2D eigenvalue weighted by Crippen LogP contribution is 2.15. The highest BCUT2D eigenvalue weighted by molar-refractivity contribution is 9.10. The SMILES string of the molecule is CS(=O)(=O)c1ccccc1C(=O)NNC(=O)CCC(=O)Nc1ccc(Br)cn1. The lowest BCUT2D eigenvalue weighted by Crippen LogP contribution is -2.42. The summed E-state index contributed by atoms with van der Waals surface area (Å²) in [5.41, 5.74) is 4.20. The van der Waals surface area contributed by atoms with Crippen molar-refractivity contribution in [2.45, 2.75) is 17.7 Å². The molecule has 1 aromatic carbocycles. The Balaban J connectivity index is 1.83. The summed E-state index contributed by atoms with van der Waals surface area (Å²) in [6.07, 6.45) is 2.19. The molecule has 0 radical (unpaired) electrons. The van der Waals surface area contributed by atoms with Crippen LogP contribution < -0.4 is 16.2 Å². The zero-order chi connectivity index (χ0) is 20.7. The highest BCUT2D eigenvalue weighted by atomic mass is 79.9. The van der Waals surface area contributed by atoms with Crippen LogP contribution >= 0.6 is 15.9 Å². The molecule has 0 aliphatic rings. The van der Waals surface area contributed by atoms with Gasteiger partial charge in [-0.05, 0) is 40.2 Å². The molecule has 0 fully saturated rings. The van der Waals surface area contributed by atoms with Gasteiger partial charge in [0.15, 0.2) is 9.84 Å². The van der Waals surface area contributed by atoms with Crippen molar-refractivity contribution < 1.29 is 22.8 Å². The van der Waals surface area contributed by atoms with E-state index in [2.05, 4.69) is 37.1 Å². The number of halogens is 1. The molecule has 0 atom stereocenters. The monoisotopic (exact) mass is 468 g/mol. The molecule has 3 N–H and O–H groups in total. The van der Waals surface area contributed by atoms with Gasteiger partial charge in [0.25, 0.3) is 5.91 Å². The Labute approximate surface area is 169 Å². The number of nitrogens with zero attached hydrogens (tertiary/aromatic N) is 1. The molecule has 0 unspecified atom stereocenters. The van der Waals surface area contributed by atoms with E-state index in [1.54, 1.807) is 12.1 Å². The normalized spacial score (nSPS) is 10.8. The number of hydrazine groups is 1. The number of hydrogen-bond donors (Lipinski definition) is 3. The number of amides is 3. The van der Waals surface area contributed by atoms with E-state index in [1.165, 1.54) is 30.5 Å². The lowest BCUT2D eigenvalue weighted by molar-refractivity contribution is -0.124. The molecule has 2 rings (SSSR count). The van der Waals surface area contributed by atoms with Gasteiger partial charge in [-0.2, -0.15) is 0 Å². The molecular weight excluding hydrogens is 452 g/mol. The minimum Gasteiger partial charge on any atom is -0.311 e. The summed E-state index contributed by atoms with van der Waals surface area (Å²) in [6.45, 7) is 0. The molecule has 0 saturated heterocycles. The van der Waals surface area contributed by atoms with E-state index in [0.29, 0.717) is 5.82 Å². The van der Waals surface area contributed by atoms with Crippen molar-refractivity contribution in [3.8, 4) is 0 Å². The van der Waals surface area contributed by atoms with Crippen LogP contribution in [0.2, 0.25) is 0 Å². The number of carbonyl (C=O) groups excluding carboxylic acids is 3. The van der Waals surface area contributed by atoms with E-state index in [0.717, 1.165) is 10.7 Å².